The van der Waals surface area contributed by atoms with Gasteiger partial charge in [-0.05, 0) is 55.8 Å². The molecule has 1 aromatic carbocycles. The van der Waals surface area contributed by atoms with E-state index in [0.717, 1.165) is 38.4 Å². The summed E-state index contributed by atoms with van der Waals surface area (Å²) in [5.41, 5.74) is 0.604. The summed E-state index contributed by atoms with van der Waals surface area (Å²) >= 11 is 0. The van der Waals surface area contributed by atoms with E-state index in [1.807, 2.05) is 4.90 Å². The van der Waals surface area contributed by atoms with E-state index in [1.54, 1.807) is 12.1 Å². The van der Waals surface area contributed by atoms with E-state index in [4.69, 9.17) is 0 Å². The molecule has 1 saturated carbocycles. The van der Waals surface area contributed by atoms with Crippen molar-refractivity contribution >= 4 is 24.2 Å². The van der Waals surface area contributed by atoms with Crippen LogP contribution < -0.4 is 10.6 Å². The van der Waals surface area contributed by atoms with E-state index in [0.29, 0.717) is 11.6 Å². The predicted octanol–water partition coefficient (Wildman–Crippen LogP) is 1.90. The zero-order chi connectivity index (χ0) is 17.6. The maximum atomic E-state index is 13.1. The third kappa shape index (κ3) is 6.57. The molecule has 0 unspecified atom stereocenters. The first-order chi connectivity index (χ1) is 12.1. The summed E-state index contributed by atoms with van der Waals surface area (Å²) in [4.78, 5) is 25.9. The number of nitrogens with zero attached hydrogens (tertiary/aromatic N) is 1. The van der Waals surface area contributed by atoms with E-state index in [-0.39, 0.29) is 43.0 Å². The van der Waals surface area contributed by atoms with Crippen LogP contribution in [-0.2, 0) is 16.0 Å². The molecule has 2 fully saturated rings. The van der Waals surface area contributed by atoms with Crippen LogP contribution in [0, 0.1) is 11.7 Å². The summed E-state index contributed by atoms with van der Waals surface area (Å²) in [6.45, 7) is 2.59. The van der Waals surface area contributed by atoms with Crippen molar-refractivity contribution in [3.05, 3.63) is 35.6 Å². The first kappa shape index (κ1) is 20.6. The van der Waals surface area contributed by atoms with Gasteiger partial charge in [0.1, 0.15) is 5.82 Å². The Morgan fingerprint density at radius 3 is 2.54 bits per heavy atom. The average Bonchev–Trinajstić information content (AvgIpc) is 3.43. The number of carbonyl (C=O) groups is 2. The number of hydrogen-bond donors (Lipinski definition) is 2. The molecule has 144 valence electrons. The van der Waals surface area contributed by atoms with E-state index in [2.05, 4.69) is 10.6 Å². The van der Waals surface area contributed by atoms with Gasteiger partial charge in [0.05, 0.1) is 13.0 Å². The lowest BCUT2D eigenvalue weighted by Gasteiger charge is -2.32. The van der Waals surface area contributed by atoms with Crippen molar-refractivity contribution in [2.75, 3.05) is 26.2 Å². The Bertz CT molecular complexity index is 617. The zero-order valence-electron chi connectivity index (χ0n) is 14.9. The van der Waals surface area contributed by atoms with Gasteiger partial charge in [0.2, 0.25) is 11.8 Å². The zero-order valence-corrected chi connectivity index (χ0v) is 15.7. The Hall–Kier alpha value is -1.66. The normalized spacial score (nSPS) is 17.5. The topological polar surface area (TPSA) is 61.4 Å². The highest BCUT2D eigenvalue weighted by Gasteiger charge is 2.25. The SMILES string of the molecule is Cl.O=C(Cc1cccc(F)c1)NCC(=O)N1CCC(NCC2CC2)CC1. The molecule has 1 aromatic rings. The van der Waals surface area contributed by atoms with E-state index < -0.39 is 0 Å². The highest BCUT2D eigenvalue weighted by molar-refractivity contribution is 5.86. The van der Waals surface area contributed by atoms with Gasteiger partial charge in [0.25, 0.3) is 0 Å². The van der Waals surface area contributed by atoms with Crippen LogP contribution in [0.15, 0.2) is 24.3 Å². The molecule has 2 aliphatic rings. The lowest BCUT2D eigenvalue weighted by Crippen LogP contribution is -2.48. The van der Waals surface area contributed by atoms with Crippen LogP contribution in [0.25, 0.3) is 0 Å². The number of likely N-dealkylation sites (tertiary alicyclic amines) is 1. The second kappa shape index (κ2) is 9.88. The van der Waals surface area contributed by atoms with Gasteiger partial charge in [-0.3, -0.25) is 9.59 Å². The van der Waals surface area contributed by atoms with Gasteiger partial charge in [0, 0.05) is 19.1 Å². The van der Waals surface area contributed by atoms with Crippen molar-refractivity contribution < 1.29 is 14.0 Å². The van der Waals surface area contributed by atoms with Crippen molar-refractivity contribution in [1.82, 2.24) is 15.5 Å². The van der Waals surface area contributed by atoms with Crippen LogP contribution in [0.5, 0.6) is 0 Å². The first-order valence-electron chi connectivity index (χ1n) is 9.12. The molecule has 1 heterocycles. The number of nitrogens with one attached hydrogen (secondary N) is 2. The molecule has 26 heavy (non-hydrogen) atoms. The molecular weight excluding hydrogens is 357 g/mol. The number of rotatable bonds is 7. The molecule has 0 spiro atoms. The fraction of sp³-hybridized carbons (Fsp3) is 0.579. The van der Waals surface area contributed by atoms with Gasteiger partial charge >= 0.3 is 0 Å². The third-order valence-corrected chi connectivity index (χ3v) is 4.93. The first-order valence-corrected chi connectivity index (χ1v) is 9.12. The van der Waals surface area contributed by atoms with Crippen LogP contribution in [0.2, 0.25) is 0 Å². The molecule has 0 atom stereocenters. The van der Waals surface area contributed by atoms with Crippen LogP contribution >= 0.6 is 12.4 Å². The second-order valence-electron chi connectivity index (χ2n) is 7.09. The molecular formula is C19H27ClFN3O2. The smallest absolute Gasteiger partial charge is 0.241 e. The summed E-state index contributed by atoms with van der Waals surface area (Å²) in [5.74, 6) is 0.195. The van der Waals surface area contributed by atoms with Crippen LogP contribution in [0.4, 0.5) is 4.39 Å². The summed E-state index contributed by atoms with van der Waals surface area (Å²) < 4.78 is 13.1. The van der Waals surface area contributed by atoms with Crippen LogP contribution in [0.3, 0.4) is 0 Å². The van der Waals surface area contributed by atoms with Crippen molar-refractivity contribution in [2.24, 2.45) is 5.92 Å². The Kier molecular flexibility index (Phi) is 7.85. The van der Waals surface area contributed by atoms with Crippen molar-refractivity contribution in [3.63, 3.8) is 0 Å². The lowest BCUT2D eigenvalue weighted by atomic mass is 10.0. The molecule has 0 bridgehead atoms. The maximum Gasteiger partial charge on any atom is 0.241 e. The summed E-state index contributed by atoms with van der Waals surface area (Å²) in [6.07, 6.45) is 4.71. The highest BCUT2D eigenvalue weighted by atomic mass is 35.5. The monoisotopic (exact) mass is 383 g/mol. The van der Waals surface area contributed by atoms with E-state index in [9.17, 15) is 14.0 Å². The average molecular weight is 384 g/mol. The molecule has 2 amide bonds. The summed E-state index contributed by atoms with van der Waals surface area (Å²) in [5, 5.41) is 6.23. The molecule has 1 aliphatic heterocycles. The Morgan fingerprint density at radius 1 is 1.15 bits per heavy atom. The maximum absolute atomic E-state index is 13.1. The number of halogens is 2. The minimum absolute atomic E-state index is 0. The lowest BCUT2D eigenvalue weighted by molar-refractivity contribution is -0.133. The van der Waals surface area contributed by atoms with E-state index in [1.165, 1.54) is 25.0 Å². The Balaban J connectivity index is 0.00000243. The fourth-order valence-electron chi connectivity index (χ4n) is 3.17. The Labute approximate surface area is 160 Å². The summed E-state index contributed by atoms with van der Waals surface area (Å²) in [6, 6.07) is 6.45. The predicted molar refractivity (Wildman–Crippen MR) is 101 cm³/mol. The van der Waals surface area contributed by atoms with Gasteiger partial charge in [-0.2, -0.15) is 0 Å². The minimum atomic E-state index is -0.362. The van der Waals surface area contributed by atoms with Crippen LogP contribution in [0.1, 0.15) is 31.2 Å². The quantitative estimate of drug-likeness (QED) is 0.756. The molecule has 5 nitrogen and oxygen atoms in total. The molecule has 0 aromatic heterocycles. The molecule has 1 saturated heterocycles. The molecule has 3 rings (SSSR count). The second-order valence-corrected chi connectivity index (χ2v) is 7.09. The van der Waals surface area contributed by atoms with Crippen molar-refractivity contribution in [1.29, 1.82) is 0 Å². The molecule has 2 N–H and O–H groups in total. The molecule has 0 radical (unpaired) electrons. The number of piperidine rings is 1. The molecule has 1 aliphatic carbocycles. The highest BCUT2D eigenvalue weighted by Crippen LogP contribution is 2.28. The van der Waals surface area contributed by atoms with E-state index >= 15 is 0 Å². The van der Waals surface area contributed by atoms with Gasteiger partial charge in [-0.1, -0.05) is 12.1 Å². The van der Waals surface area contributed by atoms with Gasteiger partial charge < -0.3 is 15.5 Å². The summed E-state index contributed by atoms with van der Waals surface area (Å²) in [7, 11) is 0. The van der Waals surface area contributed by atoms with Gasteiger partial charge in [-0.15, -0.1) is 12.4 Å². The third-order valence-electron chi connectivity index (χ3n) is 4.93. The largest absolute Gasteiger partial charge is 0.347 e. The number of carbonyl (C=O) groups excluding carboxylic acids is 2. The van der Waals surface area contributed by atoms with Crippen molar-refractivity contribution in [2.45, 2.75) is 38.1 Å². The fourth-order valence-corrected chi connectivity index (χ4v) is 3.17. The minimum Gasteiger partial charge on any atom is -0.347 e. The number of benzene rings is 1. The Morgan fingerprint density at radius 2 is 1.88 bits per heavy atom. The number of hydrogen-bond acceptors (Lipinski definition) is 3. The van der Waals surface area contributed by atoms with Crippen LogP contribution in [-0.4, -0.2) is 48.9 Å². The number of amides is 2. The van der Waals surface area contributed by atoms with Gasteiger partial charge in [-0.25, -0.2) is 4.39 Å². The van der Waals surface area contributed by atoms with Crippen molar-refractivity contribution in [3.8, 4) is 0 Å². The van der Waals surface area contributed by atoms with Gasteiger partial charge in [0.15, 0.2) is 0 Å². The standard InChI is InChI=1S/C19H26FN3O2.ClH/c20-16-3-1-2-15(10-16)11-18(24)22-13-19(25)23-8-6-17(7-9-23)21-12-14-4-5-14;/h1-3,10,14,17,21H,4-9,11-13H2,(H,22,24);1H. The molecule has 7 heteroatoms.